The number of rotatable bonds is 7. The molecule has 0 radical (unpaired) electrons. The zero-order valence-electron chi connectivity index (χ0n) is 11.3. The van der Waals surface area contributed by atoms with Crippen LogP contribution in [0, 0.1) is 6.92 Å². The fraction of sp³-hybridized carbons (Fsp3) is 0.583. The molecule has 2 atom stereocenters. The molecular formula is C12H19N3O4. The summed E-state index contributed by atoms with van der Waals surface area (Å²) >= 11 is 0. The third-order valence-electron chi connectivity index (χ3n) is 2.27. The van der Waals surface area contributed by atoms with Crippen LogP contribution < -0.4 is 5.32 Å². The average Bonchev–Trinajstić information content (AvgIpc) is 2.39. The maximum Gasteiger partial charge on any atom is 0.256 e. The molecule has 0 bridgehead atoms. The van der Waals surface area contributed by atoms with E-state index in [0.29, 0.717) is 12.4 Å². The van der Waals surface area contributed by atoms with Crippen LogP contribution in [-0.2, 0) is 14.3 Å². The number of hydrogen-bond acceptors (Lipinski definition) is 6. The first-order chi connectivity index (χ1) is 9.02. The summed E-state index contributed by atoms with van der Waals surface area (Å²) in [6.45, 7) is 3.88. The van der Waals surface area contributed by atoms with Gasteiger partial charge in [0.05, 0.1) is 37.4 Å². The number of aromatic nitrogens is 2. The van der Waals surface area contributed by atoms with Gasteiger partial charge in [-0.1, -0.05) is 0 Å². The summed E-state index contributed by atoms with van der Waals surface area (Å²) in [6.07, 6.45) is 1.50. The van der Waals surface area contributed by atoms with Gasteiger partial charge in [-0.2, -0.15) is 0 Å². The van der Waals surface area contributed by atoms with Crippen LogP contribution in [0.15, 0.2) is 12.4 Å². The van der Waals surface area contributed by atoms with Crippen molar-refractivity contribution in [1.29, 1.82) is 0 Å². The molecule has 0 unspecified atom stereocenters. The molecule has 0 spiro atoms. The van der Waals surface area contributed by atoms with Crippen LogP contribution >= 0.6 is 0 Å². The number of carbonyl (C=O) groups is 1. The monoisotopic (exact) mass is 269 g/mol. The normalized spacial score (nSPS) is 13.9. The number of aliphatic hydroxyl groups is 1. The smallest absolute Gasteiger partial charge is 0.256 e. The van der Waals surface area contributed by atoms with E-state index in [-0.39, 0.29) is 12.7 Å². The predicted octanol–water partition coefficient (Wildman–Crippen LogP) is 0.136. The van der Waals surface area contributed by atoms with Gasteiger partial charge in [0.25, 0.3) is 5.91 Å². The summed E-state index contributed by atoms with van der Waals surface area (Å²) in [6, 6.07) is 0. The molecule has 1 rings (SSSR count). The Balaban J connectivity index is 2.38. The first-order valence-corrected chi connectivity index (χ1v) is 5.91. The highest BCUT2D eigenvalue weighted by Crippen LogP contribution is 2.02. The van der Waals surface area contributed by atoms with Crippen molar-refractivity contribution in [2.75, 3.05) is 25.6 Å². The first-order valence-electron chi connectivity index (χ1n) is 5.91. The highest BCUT2D eigenvalue weighted by atomic mass is 16.5. The van der Waals surface area contributed by atoms with Crippen molar-refractivity contribution in [3.63, 3.8) is 0 Å². The van der Waals surface area contributed by atoms with Gasteiger partial charge in [-0.15, -0.1) is 0 Å². The second-order valence-electron chi connectivity index (χ2n) is 4.15. The predicted molar refractivity (Wildman–Crippen MR) is 68.7 cm³/mol. The van der Waals surface area contributed by atoms with Crippen LogP contribution in [-0.4, -0.2) is 53.5 Å². The van der Waals surface area contributed by atoms with Gasteiger partial charge in [0.15, 0.2) is 11.9 Å². The summed E-state index contributed by atoms with van der Waals surface area (Å²) in [5.74, 6) is -0.289. The number of aryl methyl sites for hydroxylation is 1. The Morgan fingerprint density at radius 3 is 2.74 bits per heavy atom. The zero-order chi connectivity index (χ0) is 14.3. The van der Waals surface area contributed by atoms with Crippen molar-refractivity contribution in [2.24, 2.45) is 0 Å². The number of nitrogens with zero attached hydrogens (tertiary/aromatic N) is 2. The SMILES string of the molecule is COC[C@@H](C)OC[C@H](O)C(=O)Nc1cnc(C)cn1. The Labute approximate surface area is 112 Å². The first kappa shape index (κ1) is 15.5. The minimum Gasteiger partial charge on any atom is -0.382 e. The van der Waals surface area contributed by atoms with Gasteiger partial charge in [0.2, 0.25) is 0 Å². The van der Waals surface area contributed by atoms with E-state index in [1.54, 1.807) is 21.0 Å². The second kappa shape index (κ2) is 7.78. The van der Waals surface area contributed by atoms with Crippen molar-refractivity contribution in [2.45, 2.75) is 26.1 Å². The van der Waals surface area contributed by atoms with Crippen LogP contribution in [0.5, 0.6) is 0 Å². The van der Waals surface area contributed by atoms with E-state index in [1.807, 2.05) is 0 Å². The van der Waals surface area contributed by atoms with Crippen molar-refractivity contribution >= 4 is 11.7 Å². The fourth-order valence-electron chi connectivity index (χ4n) is 1.28. The molecule has 0 aliphatic rings. The second-order valence-corrected chi connectivity index (χ2v) is 4.15. The molecule has 19 heavy (non-hydrogen) atoms. The zero-order valence-corrected chi connectivity index (χ0v) is 11.3. The number of nitrogens with one attached hydrogen (secondary N) is 1. The lowest BCUT2D eigenvalue weighted by molar-refractivity contribution is -0.129. The summed E-state index contributed by atoms with van der Waals surface area (Å²) in [5.41, 5.74) is 0.746. The van der Waals surface area contributed by atoms with Gasteiger partial charge in [0, 0.05) is 7.11 Å². The number of methoxy groups -OCH3 is 1. The maximum atomic E-state index is 11.6. The molecule has 0 fully saturated rings. The molecule has 1 aromatic rings. The number of aliphatic hydroxyl groups excluding tert-OH is 1. The molecule has 106 valence electrons. The van der Waals surface area contributed by atoms with E-state index in [0.717, 1.165) is 5.69 Å². The lowest BCUT2D eigenvalue weighted by Gasteiger charge is -2.15. The van der Waals surface area contributed by atoms with E-state index < -0.39 is 12.0 Å². The number of carbonyl (C=O) groups excluding carboxylic acids is 1. The van der Waals surface area contributed by atoms with Crippen molar-refractivity contribution < 1.29 is 19.4 Å². The minimum absolute atomic E-state index is 0.102. The van der Waals surface area contributed by atoms with Gasteiger partial charge in [-0.3, -0.25) is 9.78 Å². The van der Waals surface area contributed by atoms with Gasteiger partial charge < -0.3 is 19.9 Å². The molecule has 1 aromatic heterocycles. The van der Waals surface area contributed by atoms with Crippen LogP contribution in [0.2, 0.25) is 0 Å². The van der Waals surface area contributed by atoms with E-state index in [9.17, 15) is 9.90 Å². The molecule has 7 heteroatoms. The minimum atomic E-state index is -1.26. The van der Waals surface area contributed by atoms with E-state index in [2.05, 4.69) is 15.3 Å². The standard InChI is InChI=1S/C12H19N3O4/c1-8-4-14-11(5-13-8)15-12(17)10(16)7-19-9(2)6-18-3/h4-5,9-10,16H,6-7H2,1-3H3,(H,14,15,17)/t9-,10+/m1/s1. The van der Waals surface area contributed by atoms with Gasteiger partial charge in [-0.25, -0.2) is 4.98 Å². The van der Waals surface area contributed by atoms with Gasteiger partial charge in [-0.05, 0) is 13.8 Å². The van der Waals surface area contributed by atoms with Crippen molar-refractivity contribution in [3.05, 3.63) is 18.1 Å². The van der Waals surface area contributed by atoms with Crippen LogP contribution in [0.1, 0.15) is 12.6 Å². The summed E-state index contributed by atoms with van der Waals surface area (Å²) in [4.78, 5) is 19.6. The van der Waals surface area contributed by atoms with Crippen LogP contribution in [0.3, 0.4) is 0 Å². The quantitative estimate of drug-likeness (QED) is 0.731. The molecule has 2 N–H and O–H groups in total. The third kappa shape index (κ3) is 5.73. The van der Waals surface area contributed by atoms with E-state index in [4.69, 9.17) is 9.47 Å². The maximum absolute atomic E-state index is 11.6. The topological polar surface area (TPSA) is 93.6 Å². The number of anilines is 1. The Kier molecular flexibility index (Phi) is 6.34. The Bertz CT molecular complexity index is 396. The van der Waals surface area contributed by atoms with Crippen LogP contribution in [0.25, 0.3) is 0 Å². The largest absolute Gasteiger partial charge is 0.382 e. The lowest BCUT2D eigenvalue weighted by atomic mass is 10.3. The molecule has 0 aliphatic carbocycles. The van der Waals surface area contributed by atoms with Gasteiger partial charge in [0.1, 0.15) is 0 Å². The highest BCUT2D eigenvalue weighted by molar-refractivity contribution is 5.93. The van der Waals surface area contributed by atoms with E-state index >= 15 is 0 Å². The molecular weight excluding hydrogens is 250 g/mol. The average molecular weight is 269 g/mol. The van der Waals surface area contributed by atoms with Crippen molar-refractivity contribution in [1.82, 2.24) is 9.97 Å². The molecule has 1 heterocycles. The number of ether oxygens (including phenoxy) is 2. The third-order valence-corrected chi connectivity index (χ3v) is 2.27. The molecule has 7 nitrogen and oxygen atoms in total. The Morgan fingerprint density at radius 2 is 2.16 bits per heavy atom. The van der Waals surface area contributed by atoms with Crippen LogP contribution in [0.4, 0.5) is 5.82 Å². The Morgan fingerprint density at radius 1 is 1.42 bits per heavy atom. The summed E-state index contributed by atoms with van der Waals surface area (Å²) in [7, 11) is 1.55. The Hall–Kier alpha value is -1.57. The molecule has 0 aromatic carbocycles. The summed E-state index contributed by atoms with van der Waals surface area (Å²) in [5, 5.41) is 12.1. The highest BCUT2D eigenvalue weighted by Gasteiger charge is 2.17. The molecule has 0 aliphatic heterocycles. The fourth-order valence-corrected chi connectivity index (χ4v) is 1.28. The lowest BCUT2D eigenvalue weighted by Crippen LogP contribution is -2.34. The van der Waals surface area contributed by atoms with E-state index in [1.165, 1.54) is 12.4 Å². The molecule has 0 saturated carbocycles. The van der Waals surface area contributed by atoms with Gasteiger partial charge >= 0.3 is 0 Å². The number of amides is 1. The number of hydrogen-bond donors (Lipinski definition) is 2. The summed E-state index contributed by atoms with van der Waals surface area (Å²) < 4.78 is 10.1. The van der Waals surface area contributed by atoms with Crippen molar-refractivity contribution in [3.8, 4) is 0 Å². The molecule has 0 saturated heterocycles. The molecule has 1 amide bonds.